The Morgan fingerprint density at radius 3 is 1.79 bits per heavy atom. The van der Waals surface area contributed by atoms with Crippen LogP contribution in [-0.2, 0) is 18.9 Å². The largest absolute Gasteiger partial charge is 0.389 e. The van der Waals surface area contributed by atoms with Gasteiger partial charge in [-0.2, -0.15) is 0 Å². The molecule has 1 aliphatic carbocycles. The van der Waals surface area contributed by atoms with E-state index in [2.05, 4.69) is 0 Å². The van der Waals surface area contributed by atoms with Crippen molar-refractivity contribution in [2.75, 3.05) is 12.4 Å². The maximum atomic E-state index is 11.0. The molecule has 0 aromatic carbocycles. The van der Waals surface area contributed by atoms with E-state index in [1.54, 1.807) is 0 Å². The minimum Gasteiger partial charge on any atom is -0.389 e. The highest BCUT2D eigenvalue weighted by Crippen LogP contribution is 2.31. The zero-order chi connectivity index (χ0) is 24.6. The van der Waals surface area contributed by atoms with E-state index in [1.165, 1.54) is 0 Å². The van der Waals surface area contributed by atoms with Gasteiger partial charge in [-0.05, 0) is 6.42 Å². The maximum Gasteiger partial charge on any atom is 0.186 e. The van der Waals surface area contributed by atoms with Crippen molar-refractivity contribution >= 4 is 11.6 Å². The number of ether oxygens (including phenoxy) is 4. The third-order valence-corrected chi connectivity index (χ3v) is 6.84. The number of aliphatic hydroxyl groups is 5. The van der Waals surface area contributed by atoms with Gasteiger partial charge < -0.3 is 73.1 Å². The highest BCUT2D eigenvalue weighted by atomic mass is 35.5. The molecule has 0 aromatic rings. The Balaban J connectivity index is 1.72. The summed E-state index contributed by atoms with van der Waals surface area (Å²) in [6.07, 6.45) is -13.2. The molecule has 0 amide bonds. The van der Waals surface area contributed by atoms with Gasteiger partial charge in [-0.3, -0.25) is 0 Å². The van der Waals surface area contributed by atoms with E-state index >= 15 is 0 Å². The minimum absolute atomic E-state index is 0.106. The minimum atomic E-state index is -1.43. The highest BCUT2D eigenvalue weighted by molar-refractivity contribution is 6.18. The lowest BCUT2D eigenvalue weighted by Gasteiger charge is -2.48. The van der Waals surface area contributed by atoms with Crippen LogP contribution >= 0.6 is 11.6 Å². The first-order valence-corrected chi connectivity index (χ1v) is 11.4. The summed E-state index contributed by atoms with van der Waals surface area (Å²) in [4.78, 5) is 0. The van der Waals surface area contributed by atoms with Gasteiger partial charge in [-0.15, -0.1) is 11.6 Å². The van der Waals surface area contributed by atoms with Crippen molar-refractivity contribution in [3.63, 3.8) is 0 Å². The summed E-state index contributed by atoms with van der Waals surface area (Å²) in [5, 5.41) is 51.7. The Kier molecular flexibility index (Phi) is 9.27. The van der Waals surface area contributed by atoms with Gasteiger partial charge in [-0.1, -0.05) is 0 Å². The third-order valence-electron chi connectivity index (χ3n) is 6.53. The molecule has 3 fully saturated rings. The van der Waals surface area contributed by atoms with Gasteiger partial charge in [0.2, 0.25) is 0 Å². The van der Waals surface area contributed by atoms with Crippen molar-refractivity contribution in [2.24, 2.45) is 28.7 Å². The van der Waals surface area contributed by atoms with Crippen LogP contribution in [0.4, 0.5) is 0 Å². The smallest absolute Gasteiger partial charge is 0.186 e. The van der Waals surface area contributed by atoms with E-state index < -0.39 is 91.7 Å². The first-order chi connectivity index (χ1) is 15.5. The number of hydrogen-bond donors (Lipinski definition) is 10. The molecule has 15 atom stereocenters. The van der Waals surface area contributed by atoms with E-state index in [0.29, 0.717) is 0 Å². The fourth-order valence-electron chi connectivity index (χ4n) is 4.42. The summed E-state index contributed by atoms with van der Waals surface area (Å²) in [5.74, 6) is -0.106. The summed E-state index contributed by atoms with van der Waals surface area (Å²) in [5.41, 5.74) is 29.7. The maximum absolute atomic E-state index is 11.0. The van der Waals surface area contributed by atoms with Crippen LogP contribution in [0.2, 0.25) is 0 Å². The zero-order valence-electron chi connectivity index (χ0n) is 17.9. The van der Waals surface area contributed by atoms with Crippen LogP contribution in [0.1, 0.15) is 6.42 Å². The van der Waals surface area contributed by atoms with Crippen molar-refractivity contribution in [1.29, 1.82) is 0 Å². The second kappa shape index (κ2) is 11.2. The number of halogens is 1. The van der Waals surface area contributed by atoms with E-state index in [-0.39, 0.29) is 18.8 Å². The molecule has 1 saturated carbocycles. The topological polar surface area (TPSA) is 268 Å². The van der Waals surface area contributed by atoms with Crippen LogP contribution in [-0.4, -0.2) is 130 Å². The Morgan fingerprint density at radius 1 is 0.697 bits per heavy atom. The molecule has 0 aromatic heterocycles. The molecule has 2 heterocycles. The molecule has 3 rings (SSSR count). The van der Waals surface area contributed by atoms with Crippen molar-refractivity contribution in [1.82, 2.24) is 0 Å². The SMILES string of the molecule is NC[C@H]1O[C@H](O[C@H]2[C@H](O)[C@@H](O[C@H]3O[C@H](CCl)[C@@H](O)[C@H](N)[C@H]3O)[C@H](N)C[C@@H]2N)[C@H](N)[C@@H](O)[C@@H]1O. The molecule has 0 spiro atoms. The first-order valence-electron chi connectivity index (χ1n) is 10.8. The van der Waals surface area contributed by atoms with Crippen LogP contribution in [0.25, 0.3) is 0 Å². The van der Waals surface area contributed by atoms with Gasteiger partial charge in [0.15, 0.2) is 12.6 Å². The zero-order valence-corrected chi connectivity index (χ0v) is 18.7. The second-order valence-electron chi connectivity index (χ2n) is 8.85. The van der Waals surface area contributed by atoms with Crippen molar-refractivity contribution < 1.29 is 44.5 Å². The monoisotopic (exact) mass is 501 g/mol. The molecule has 2 aliphatic heterocycles. The predicted octanol–water partition coefficient (Wildman–Crippen LogP) is -6.08. The molecule has 2 saturated heterocycles. The number of alkyl halides is 1. The van der Waals surface area contributed by atoms with Crippen LogP contribution in [0.3, 0.4) is 0 Å². The Morgan fingerprint density at radius 2 is 1.24 bits per heavy atom. The lowest BCUT2D eigenvalue weighted by atomic mass is 9.84. The van der Waals surface area contributed by atoms with Gasteiger partial charge in [0.25, 0.3) is 0 Å². The van der Waals surface area contributed by atoms with E-state index in [1.807, 2.05) is 0 Å². The second-order valence-corrected chi connectivity index (χ2v) is 9.16. The molecule has 194 valence electrons. The van der Waals surface area contributed by atoms with Crippen LogP contribution in [0, 0.1) is 0 Å². The normalized spacial score (nSPS) is 53.7. The molecular weight excluding hydrogens is 466 g/mol. The number of nitrogens with two attached hydrogens (primary N) is 5. The molecule has 14 nitrogen and oxygen atoms in total. The molecular formula is C18H36ClN5O9. The molecule has 15 N–H and O–H groups in total. The molecule has 0 bridgehead atoms. The summed E-state index contributed by atoms with van der Waals surface area (Å²) in [7, 11) is 0. The summed E-state index contributed by atoms with van der Waals surface area (Å²) >= 11 is 5.80. The van der Waals surface area contributed by atoms with Gasteiger partial charge in [0, 0.05) is 18.6 Å². The quantitative estimate of drug-likeness (QED) is 0.152. The molecule has 3 aliphatic rings. The van der Waals surface area contributed by atoms with Gasteiger partial charge in [0.1, 0.15) is 48.8 Å². The van der Waals surface area contributed by atoms with Crippen molar-refractivity contribution in [3.05, 3.63) is 0 Å². The summed E-state index contributed by atoms with van der Waals surface area (Å²) in [6.45, 7) is -0.106. The standard InChI is InChI=1S/C18H36ClN5O9/c19-2-6-10(25)8(23)13(28)18(30-6)33-16-5(22)1-4(21)15(14(16)29)32-17-9(24)12(27)11(26)7(3-20)31-17/h4-18,25-29H,1-3,20-24H2/t4-,5+,6+,7+,8-,9+,10+,11+,12+,13+,14-,15+,16-,17+,18+/m0/s1. The van der Waals surface area contributed by atoms with Crippen LogP contribution in [0.5, 0.6) is 0 Å². The molecule has 0 radical (unpaired) electrons. The Bertz CT molecular complexity index is 590. The van der Waals surface area contributed by atoms with Crippen molar-refractivity contribution in [2.45, 2.75) is 98.1 Å². The average Bonchev–Trinajstić information content (AvgIpc) is 2.79. The van der Waals surface area contributed by atoms with Gasteiger partial charge in [0.05, 0.1) is 24.1 Å². The average molecular weight is 502 g/mol. The van der Waals surface area contributed by atoms with Crippen LogP contribution < -0.4 is 28.7 Å². The molecule has 15 heteroatoms. The Labute approximate surface area is 195 Å². The van der Waals surface area contributed by atoms with E-state index in [0.717, 1.165) is 0 Å². The summed E-state index contributed by atoms with van der Waals surface area (Å²) < 4.78 is 22.7. The lowest BCUT2D eigenvalue weighted by Crippen LogP contribution is -2.69. The lowest BCUT2D eigenvalue weighted by molar-refractivity contribution is -0.315. The molecule has 0 unspecified atom stereocenters. The van der Waals surface area contributed by atoms with E-state index in [9.17, 15) is 25.5 Å². The van der Waals surface area contributed by atoms with Gasteiger partial charge in [-0.25, -0.2) is 0 Å². The van der Waals surface area contributed by atoms with Gasteiger partial charge >= 0.3 is 0 Å². The first kappa shape index (κ1) is 27.3. The van der Waals surface area contributed by atoms with E-state index in [4.69, 9.17) is 59.2 Å². The summed E-state index contributed by atoms with van der Waals surface area (Å²) in [6, 6.07) is -3.78. The van der Waals surface area contributed by atoms with Crippen molar-refractivity contribution in [3.8, 4) is 0 Å². The highest BCUT2D eigenvalue weighted by Gasteiger charge is 2.51. The third kappa shape index (κ3) is 5.45. The van der Waals surface area contributed by atoms with Crippen LogP contribution in [0.15, 0.2) is 0 Å². The number of hydrogen-bond acceptors (Lipinski definition) is 14. The Hall–Kier alpha value is -0.270. The predicted molar refractivity (Wildman–Crippen MR) is 113 cm³/mol. The number of aliphatic hydroxyl groups excluding tert-OH is 5. The fraction of sp³-hybridized carbons (Fsp3) is 1.00. The number of rotatable bonds is 6. The fourth-order valence-corrected chi connectivity index (χ4v) is 4.68. The molecule has 33 heavy (non-hydrogen) atoms.